The van der Waals surface area contributed by atoms with Gasteiger partial charge in [0.2, 0.25) is 0 Å². The molecule has 2 aromatic heterocycles. The topological polar surface area (TPSA) is 77.2 Å². The predicted molar refractivity (Wildman–Crippen MR) is 124 cm³/mol. The maximum absolute atomic E-state index is 13.3. The van der Waals surface area contributed by atoms with Gasteiger partial charge in [-0.2, -0.15) is 5.10 Å². The van der Waals surface area contributed by atoms with E-state index in [4.69, 9.17) is 0 Å². The number of likely N-dealkylation sites (tertiary alicyclic amines) is 1. The van der Waals surface area contributed by atoms with Crippen LogP contribution in [0.1, 0.15) is 35.2 Å². The van der Waals surface area contributed by atoms with Gasteiger partial charge in [0, 0.05) is 61.2 Å². The standard InChI is InChI=1S/C25H30N6O/c1-3-30-14-20(18-6-4-17(2)5-7-18)23(16-30)27-25(32)31-13-10-22-21(15-31)24(29-28-22)19-8-11-26-12-9-19/h4-9,11-12,20,23H,3,10,13-16H2,1-2H3,(H,27,32)(H,28,29)/t20-,23?/m0/s1. The largest absolute Gasteiger partial charge is 0.333 e. The molecule has 1 aromatic carbocycles. The number of likely N-dealkylation sites (N-methyl/N-ethyl adjacent to an activating group) is 1. The van der Waals surface area contributed by atoms with Gasteiger partial charge in [0.25, 0.3) is 0 Å². The Labute approximate surface area is 188 Å². The van der Waals surface area contributed by atoms with Gasteiger partial charge < -0.3 is 15.1 Å². The van der Waals surface area contributed by atoms with E-state index in [2.05, 4.69) is 63.5 Å². The molecule has 0 aliphatic carbocycles. The second-order valence-electron chi connectivity index (χ2n) is 8.86. The highest BCUT2D eigenvalue weighted by atomic mass is 16.2. The van der Waals surface area contributed by atoms with E-state index >= 15 is 0 Å². The number of hydrogen-bond donors (Lipinski definition) is 2. The summed E-state index contributed by atoms with van der Waals surface area (Å²) in [6, 6.07) is 12.8. The van der Waals surface area contributed by atoms with Crippen molar-refractivity contribution in [3.05, 3.63) is 71.2 Å². The zero-order valence-electron chi connectivity index (χ0n) is 18.7. The van der Waals surface area contributed by atoms with E-state index in [-0.39, 0.29) is 12.1 Å². The Hall–Kier alpha value is -3.19. The first-order valence-corrected chi connectivity index (χ1v) is 11.4. The summed E-state index contributed by atoms with van der Waals surface area (Å²) < 4.78 is 0. The van der Waals surface area contributed by atoms with Crippen molar-refractivity contribution >= 4 is 6.03 Å². The molecular formula is C25H30N6O. The van der Waals surface area contributed by atoms with Crippen molar-refractivity contribution in [1.82, 2.24) is 30.3 Å². The number of rotatable bonds is 4. The van der Waals surface area contributed by atoms with Crippen LogP contribution in [0.2, 0.25) is 0 Å². The van der Waals surface area contributed by atoms with E-state index in [9.17, 15) is 4.79 Å². The third-order valence-corrected chi connectivity index (χ3v) is 6.83. The lowest BCUT2D eigenvalue weighted by Gasteiger charge is -2.30. The third kappa shape index (κ3) is 4.00. The first kappa shape index (κ1) is 20.7. The maximum Gasteiger partial charge on any atom is 0.317 e. The summed E-state index contributed by atoms with van der Waals surface area (Å²) in [6.45, 7) is 8.40. The number of nitrogens with one attached hydrogen (secondary N) is 2. The molecular weight excluding hydrogens is 400 g/mol. The number of aromatic nitrogens is 3. The number of benzene rings is 1. The number of carbonyl (C=O) groups excluding carboxylic acids is 1. The Morgan fingerprint density at radius 2 is 1.94 bits per heavy atom. The molecule has 2 amide bonds. The van der Waals surface area contributed by atoms with Gasteiger partial charge in [0.1, 0.15) is 0 Å². The highest BCUT2D eigenvalue weighted by Crippen LogP contribution is 2.30. The van der Waals surface area contributed by atoms with Crippen LogP contribution in [0.4, 0.5) is 4.79 Å². The maximum atomic E-state index is 13.3. The monoisotopic (exact) mass is 430 g/mol. The molecule has 0 saturated carbocycles. The minimum atomic E-state index is 0.0117. The molecule has 1 saturated heterocycles. The van der Waals surface area contributed by atoms with Crippen molar-refractivity contribution < 1.29 is 4.79 Å². The lowest BCUT2D eigenvalue weighted by molar-refractivity contribution is 0.187. The minimum Gasteiger partial charge on any atom is -0.333 e. The van der Waals surface area contributed by atoms with E-state index in [1.165, 1.54) is 11.1 Å². The van der Waals surface area contributed by atoms with Crippen molar-refractivity contribution in [3.8, 4) is 11.3 Å². The molecule has 5 rings (SSSR count). The van der Waals surface area contributed by atoms with Crippen LogP contribution in [0, 0.1) is 6.92 Å². The number of urea groups is 1. The second-order valence-corrected chi connectivity index (χ2v) is 8.86. The number of aromatic amines is 1. The molecule has 2 aliphatic rings. The molecule has 32 heavy (non-hydrogen) atoms. The fraction of sp³-hybridized carbons (Fsp3) is 0.400. The van der Waals surface area contributed by atoms with E-state index in [1.54, 1.807) is 12.4 Å². The number of aryl methyl sites for hydroxylation is 1. The van der Waals surface area contributed by atoms with Crippen molar-refractivity contribution in [2.24, 2.45) is 0 Å². The van der Waals surface area contributed by atoms with E-state index in [0.717, 1.165) is 48.6 Å². The molecule has 0 spiro atoms. The van der Waals surface area contributed by atoms with E-state index in [0.29, 0.717) is 19.0 Å². The summed E-state index contributed by atoms with van der Waals surface area (Å²) in [5, 5.41) is 11.1. The molecule has 7 heteroatoms. The summed E-state index contributed by atoms with van der Waals surface area (Å²) in [5.41, 5.74) is 6.72. The fourth-order valence-electron chi connectivity index (χ4n) is 4.91. The Bertz CT molecular complexity index is 1080. The van der Waals surface area contributed by atoms with Gasteiger partial charge in [-0.1, -0.05) is 36.8 Å². The van der Waals surface area contributed by atoms with Crippen molar-refractivity contribution in [2.75, 3.05) is 26.2 Å². The van der Waals surface area contributed by atoms with Crippen LogP contribution in [0.5, 0.6) is 0 Å². The van der Waals surface area contributed by atoms with Crippen LogP contribution in [0.3, 0.4) is 0 Å². The number of amides is 2. The lowest BCUT2D eigenvalue weighted by atomic mass is 9.93. The Morgan fingerprint density at radius 1 is 1.16 bits per heavy atom. The summed E-state index contributed by atoms with van der Waals surface area (Å²) in [4.78, 5) is 21.8. The third-order valence-electron chi connectivity index (χ3n) is 6.83. The van der Waals surface area contributed by atoms with Gasteiger partial charge in [-0.05, 0) is 31.2 Å². The smallest absolute Gasteiger partial charge is 0.317 e. The highest BCUT2D eigenvalue weighted by Gasteiger charge is 2.35. The van der Waals surface area contributed by atoms with E-state index in [1.807, 2.05) is 17.0 Å². The minimum absolute atomic E-state index is 0.0117. The molecule has 7 nitrogen and oxygen atoms in total. The van der Waals surface area contributed by atoms with Crippen LogP contribution >= 0.6 is 0 Å². The molecule has 4 heterocycles. The Balaban J connectivity index is 1.32. The van der Waals surface area contributed by atoms with Gasteiger partial charge in [-0.15, -0.1) is 0 Å². The number of hydrogen-bond acceptors (Lipinski definition) is 4. The number of H-pyrrole nitrogens is 1. The molecule has 166 valence electrons. The number of carbonyl (C=O) groups is 1. The SMILES string of the molecule is CCN1CC(NC(=O)N2CCc3[nH]nc(-c4ccncc4)c3C2)[C@H](c2ccc(C)cc2)C1. The molecule has 2 atom stereocenters. The molecule has 0 bridgehead atoms. The Kier molecular flexibility index (Phi) is 5.66. The Morgan fingerprint density at radius 3 is 2.69 bits per heavy atom. The molecule has 3 aromatic rings. The average Bonchev–Trinajstić information content (AvgIpc) is 3.44. The molecule has 1 fully saturated rings. The van der Waals surface area contributed by atoms with Gasteiger partial charge in [0.15, 0.2) is 0 Å². The van der Waals surface area contributed by atoms with Gasteiger partial charge in [-0.25, -0.2) is 4.79 Å². The van der Waals surface area contributed by atoms with E-state index < -0.39 is 0 Å². The first-order valence-electron chi connectivity index (χ1n) is 11.4. The predicted octanol–water partition coefficient (Wildman–Crippen LogP) is 3.34. The zero-order valence-corrected chi connectivity index (χ0v) is 18.7. The van der Waals surface area contributed by atoms with Crippen LogP contribution in [-0.2, 0) is 13.0 Å². The first-order chi connectivity index (χ1) is 15.6. The average molecular weight is 431 g/mol. The molecule has 0 radical (unpaired) electrons. The summed E-state index contributed by atoms with van der Waals surface area (Å²) in [5.74, 6) is 0.307. The van der Waals surface area contributed by atoms with Gasteiger partial charge >= 0.3 is 6.03 Å². The number of nitrogens with zero attached hydrogens (tertiary/aromatic N) is 4. The van der Waals surface area contributed by atoms with Crippen molar-refractivity contribution in [2.45, 2.75) is 38.8 Å². The molecule has 2 N–H and O–H groups in total. The van der Waals surface area contributed by atoms with Crippen molar-refractivity contribution in [1.29, 1.82) is 0 Å². The summed E-state index contributed by atoms with van der Waals surface area (Å²) in [6.07, 6.45) is 4.33. The van der Waals surface area contributed by atoms with Gasteiger partial charge in [0.05, 0.1) is 18.3 Å². The van der Waals surface area contributed by atoms with Crippen molar-refractivity contribution in [3.63, 3.8) is 0 Å². The second kappa shape index (κ2) is 8.74. The number of fused-ring (bicyclic) bond motifs is 1. The van der Waals surface area contributed by atoms with Crippen LogP contribution < -0.4 is 5.32 Å². The molecule has 1 unspecified atom stereocenters. The quantitative estimate of drug-likeness (QED) is 0.666. The summed E-state index contributed by atoms with van der Waals surface area (Å²) in [7, 11) is 0. The van der Waals surface area contributed by atoms with Crippen LogP contribution in [0.15, 0.2) is 48.8 Å². The zero-order chi connectivity index (χ0) is 22.1. The highest BCUT2D eigenvalue weighted by molar-refractivity contribution is 5.76. The molecule has 2 aliphatic heterocycles. The number of pyridine rings is 1. The van der Waals surface area contributed by atoms with Crippen LogP contribution in [-0.4, -0.2) is 63.2 Å². The normalized spacial score (nSPS) is 20.9. The lowest BCUT2D eigenvalue weighted by Crippen LogP contribution is -2.48. The summed E-state index contributed by atoms with van der Waals surface area (Å²) >= 11 is 0. The fourth-order valence-corrected chi connectivity index (χ4v) is 4.91. The van der Waals surface area contributed by atoms with Gasteiger partial charge in [-0.3, -0.25) is 10.1 Å². The van der Waals surface area contributed by atoms with Crippen LogP contribution in [0.25, 0.3) is 11.3 Å².